The first-order valence-corrected chi connectivity index (χ1v) is 13.1. The Bertz CT molecular complexity index is 1100. The normalized spacial score (nSPS) is 12.2. The molecule has 0 aromatic heterocycles. The molecule has 32 heavy (non-hydrogen) atoms. The van der Waals surface area contributed by atoms with E-state index in [1.807, 2.05) is 0 Å². The number of halogens is 3. The van der Waals surface area contributed by atoms with Gasteiger partial charge >= 0.3 is 0 Å². The number of sulfonamides is 1. The van der Waals surface area contributed by atoms with E-state index in [1.165, 1.54) is 11.9 Å². The van der Waals surface area contributed by atoms with E-state index in [-0.39, 0.29) is 12.5 Å². The molecule has 0 spiro atoms. The molecule has 0 saturated heterocycles. The molecule has 2 aromatic rings. The fourth-order valence-electron chi connectivity index (χ4n) is 3.17. The monoisotopic (exact) mass is 563 g/mol. The lowest BCUT2D eigenvalue weighted by molar-refractivity contribution is -0.140. The molecule has 1 N–H and O–H groups in total. The molecule has 0 bridgehead atoms. The van der Waals surface area contributed by atoms with Crippen LogP contribution in [0.5, 0.6) is 0 Å². The van der Waals surface area contributed by atoms with Crippen molar-refractivity contribution in [3.8, 4) is 0 Å². The van der Waals surface area contributed by atoms with Gasteiger partial charge in [0.2, 0.25) is 21.8 Å². The van der Waals surface area contributed by atoms with E-state index in [4.69, 9.17) is 23.2 Å². The number of carbonyl (C=O) groups excluding carboxylic acids is 2. The van der Waals surface area contributed by atoms with E-state index in [1.54, 1.807) is 49.4 Å². The molecule has 0 heterocycles. The van der Waals surface area contributed by atoms with Crippen molar-refractivity contribution in [1.82, 2.24) is 10.2 Å². The van der Waals surface area contributed by atoms with Crippen molar-refractivity contribution < 1.29 is 18.0 Å². The zero-order chi connectivity index (χ0) is 24.1. The Morgan fingerprint density at radius 2 is 1.78 bits per heavy atom. The van der Waals surface area contributed by atoms with Gasteiger partial charge in [-0.15, -0.1) is 0 Å². The number of rotatable bonds is 9. The van der Waals surface area contributed by atoms with Crippen LogP contribution in [0.4, 0.5) is 5.69 Å². The third kappa shape index (κ3) is 6.60. The fraction of sp³-hybridized carbons (Fsp3) is 0.333. The first-order valence-electron chi connectivity index (χ1n) is 9.66. The number of likely N-dealkylation sites (N-methyl/N-ethyl adjacent to an activating group) is 1. The summed E-state index contributed by atoms with van der Waals surface area (Å²) in [5.74, 6) is -0.889. The summed E-state index contributed by atoms with van der Waals surface area (Å²) < 4.78 is 26.6. The van der Waals surface area contributed by atoms with Crippen LogP contribution in [0.3, 0.4) is 0 Å². The van der Waals surface area contributed by atoms with Crippen LogP contribution in [0, 0.1) is 0 Å². The van der Waals surface area contributed by atoms with Gasteiger partial charge in [0.05, 0.1) is 22.0 Å². The van der Waals surface area contributed by atoms with Crippen molar-refractivity contribution in [3.63, 3.8) is 0 Å². The lowest BCUT2D eigenvalue weighted by Gasteiger charge is -2.32. The molecule has 174 valence electrons. The minimum Gasteiger partial charge on any atom is -0.357 e. The molecule has 1 unspecified atom stereocenters. The van der Waals surface area contributed by atoms with Gasteiger partial charge in [-0.3, -0.25) is 13.9 Å². The molecule has 7 nitrogen and oxygen atoms in total. The summed E-state index contributed by atoms with van der Waals surface area (Å²) in [4.78, 5) is 27.3. The quantitative estimate of drug-likeness (QED) is 0.497. The Labute approximate surface area is 206 Å². The Balaban J connectivity index is 2.46. The van der Waals surface area contributed by atoms with E-state index in [0.29, 0.717) is 32.2 Å². The predicted molar refractivity (Wildman–Crippen MR) is 131 cm³/mol. The highest BCUT2D eigenvalue weighted by molar-refractivity contribution is 9.10. The molecule has 0 aliphatic rings. The minimum atomic E-state index is -3.80. The number of hydrogen-bond donors (Lipinski definition) is 1. The van der Waals surface area contributed by atoms with Crippen LogP contribution in [0.1, 0.15) is 18.9 Å². The van der Waals surface area contributed by atoms with Gasteiger partial charge in [-0.2, -0.15) is 0 Å². The number of anilines is 1. The molecule has 2 aromatic carbocycles. The second-order valence-electron chi connectivity index (χ2n) is 7.03. The number of amides is 2. The lowest BCUT2D eigenvalue weighted by atomic mass is 10.1. The number of para-hydroxylation sites is 1. The van der Waals surface area contributed by atoms with Gasteiger partial charge in [-0.05, 0) is 52.2 Å². The van der Waals surface area contributed by atoms with Crippen molar-refractivity contribution in [2.75, 3.05) is 24.2 Å². The van der Waals surface area contributed by atoms with Gasteiger partial charge in [-0.1, -0.05) is 48.3 Å². The molecule has 0 saturated carbocycles. The van der Waals surface area contributed by atoms with Crippen LogP contribution in [0.15, 0.2) is 46.9 Å². The summed E-state index contributed by atoms with van der Waals surface area (Å²) in [6.45, 7) is 1.35. The van der Waals surface area contributed by atoms with E-state index >= 15 is 0 Å². The third-order valence-corrected chi connectivity index (χ3v) is 7.31. The van der Waals surface area contributed by atoms with E-state index in [0.717, 1.165) is 10.6 Å². The molecule has 0 fully saturated rings. The molecule has 0 aliphatic carbocycles. The molecule has 2 amide bonds. The first-order chi connectivity index (χ1) is 15.0. The lowest BCUT2D eigenvalue weighted by Crippen LogP contribution is -2.51. The molecule has 11 heteroatoms. The Hall–Kier alpha value is -1.81. The number of nitrogens with zero attached hydrogens (tertiary/aromatic N) is 2. The fourth-order valence-corrected chi connectivity index (χ4v) is 4.97. The van der Waals surface area contributed by atoms with Crippen molar-refractivity contribution in [2.24, 2.45) is 0 Å². The van der Waals surface area contributed by atoms with Gasteiger partial charge in [0.15, 0.2) is 0 Å². The summed E-state index contributed by atoms with van der Waals surface area (Å²) in [6.07, 6.45) is 1.36. The van der Waals surface area contributed by atoms with Crippen LogP contribution in [-0.2, 0) is 26.2 Å². The molecule has 0 radical (unpaired) electrons. The zero-order valence-corrected chi connectivity index (χ0v) is 21.7. The number of carbonyl (C=O) groups is 2. The maximum Gasteiger partial charge on any atom is 0.244 e. The largest absolute Gasteiger partial charge is 0.357 e. The molecular formula is C21H24BrCl2N3O4S. The molecule has 1 atom stereocenters. The second kappa shape index (κ2) is 11.4. The topological polar surface area (TPSA) is 86.8 Å². The Morgan fingerprint density at radius 3 is 2.31 bits per heavy atom. The zero-order valence-electron chi connectivity index (χ0n) is 17.8. The highest BCUT2D eigenvalue weighted by Crippen LogP contribution is 2.28. The molecule has 2 rings (SSSR count). The minimum absolute atomic E-state index is 0.0508. The van der Waals surface area contributed by atoms with Gasteiger partial charge in [0.25, 0.3) is 0 Å². The van der Waals surface area contributed by atoms with Crippen LogP contribution in [0.2, 0.25) is 10.0 Å². The van der Waals surface area contributed by atoms with Crippen molar-refractivity contribution >= 4 is 66.7 Å². The maximum atomic E-state index is 13.4. The van der Waals surface area contributed by atoms with E-state index in [2.05, 4.69) is 21.2 Å². The van der Waals surface area contributed by atoms with Crippen LogP contribution in [0.25, 0.3) is 0 Å². The standard InChI is InChI=1S/C21H24BrCl2N3O4S/c1-4-18(21(29)25-2)26(12-14-9-10-16(23)17(24)11-14)20(28)13-27(32(3,30)31)19-8-6-5-7-15(19)22/h5-11,18H,4,12-13H2,1-3H3,(H,25,29). The molecular weight excluding hydrogens is 541 g/mol. The Kier molecular flexibility index (Phi) is 9.39. The van der Waals surface area contributed by atoms with Crippen molar-refractivity contribution in [2.45, 2.75) is 25.9 Å². The smallest absolute Gasteiger partial charge is 0.244 e. The average Bonchev–Trinajstić information content (AvgIpc) is 2.73. The average molecular weight is 565 g/mol. The van der Waals surface area contributed by atoms with Gasteiger partial charge < -0.3 is 10.2 Å². The Morgan fingerprint density at radius 1 is 1.12 bits per heavy atom. The van der Waals surface area contributed by atoms with E-state index in [9.17, 15) is 18.0 Å². The number of benzene rings is 2. The van der Waals surface area contributed by atoms with Crippen molar-refractivity contribution in [1.29, 1.82) is 0 Å². The maximum absolute atomic E-state index is 13.4. The summed E-state index contributed by atoms with van der Waals surface area (Å²) >= 11 is 15.4. The van der Waals surface area contributed by atoms with Crippen LogP contribution in [-0.4, -0.2) is 51.0 Å². The van der Waals surface area contributed by atoms with Crippen LogP contribution >= 0.6 is 39.1 Å². The van der Waals surface area contributed by atoms with Gasteiger partial charge in [0.1, 0.15) is 12.6 Å². The number of nitrogens with one attached hydrogen (secondary N) is 1. The third-order valence-electron chi connectivity index (χ3n) is 4.77. The summed E-state index contributed by atoms with van der Waals surface area (Å²) in [6, 6.07) is 10.8. The first kappa shape index (κ1) is 26.4. The predicted octanol–water partition coefficient (Wildman–Crippen LogP) is 4.08. The van der Waals surface area contributed by atoms with Crippen molar-refractivity contribution in [3.05, 3.63) is 62.5 Å². The molecule has 0 aliphatic heterocycles. The second-order valence-corrected chi connectivity index (χ2v) is 10.6. The SMILES string of the molecule is CCC(C(=O)NC)N(Cc1ccc(Cl)c(Cl)c1)C(=O)CN(c1ccccc1Br)S(C)(=O)=O. The van der Waals surface area contributed by atoms with Crippen LogP contribution < -0.4 is 9.62 Å². The summed E-state index contributed by atoms with van der Waals surface area (Å²) in [5, 5.41) is 3.24. The van der Waals surface area contributed by atoms with Gasteiger partial charge in [0, 0.05) is 18.1 Å². The summed E-state index contributed by atoms with van der Waals surface area (Å²) in [7, 11) is -2.31. The number of hydrogen-bond acceptors (Lipinski definition) is 4. The van der Waals surface area contributed by atoms with Gasteiger partial charge in [-0.25, -0.2) is 8.42 Å². The van der Waals surface area contributed by atoms with E-state index < -0.39 is 28.5 Å². The highest BCUT2D eigenvalue weighted by atomic mass is 79.9. The summed E-state index contributed by atoms with van der Waals surface area (Å²) in [5.41, 5.74) is 0.979. The highest BCUT2D eigenvalue weighted by Gasteiger charge is 2.31.